The van der Waals surface area contributed by atoms with Crippen LogP contribution in [0.25, 0.3) is 10.8 Å². The number of benzene rings is 3. The number of hydrogen-bond donors (Lipinski definition) is 0. The molecule has 142 valence electrons. The first kappa shape index (κ1) is 19.6. The summed E-state index contributed by atoms with van der Waals surface area (Å²) in [5, 5.41) is 0.488. The Hall–Kier alpha value is -3.13. The molecule has 0 aliphatic carbocycles. The summed E-state index contributed by atoms with van der Waals surface area (Å²) < 4.78 is 69.6. The van der Waals surface area contributed by atoms with Crippen LogP contribution < -0.4 is 0 Å². The Bertz CT molecular complexity index is 1130. The third kappa shape index (κ3) is 3.91. The Kier molecular flexibility index (Phi) is 5.79. The van der Waals surface area contributed by atoms with Crippen molar-refractivity contribution in [1.82, 2.24) is 0 Å². The lowest BCUT2D eigenvalue weighted by molar-refractivity contribution is 0.477. The SMILES string of the molecule is C/C=C/CCc1c(F)cc(C#Cc2ccc3c(F)c(F)ccc3c2)c(F)c1F. The third-order valence-corrected chi connectivity index (χ3v) is 4.30. The van der Waals surface area contributed by atoms with Gasteiger partial charge in [0.15, 0.2) is 23.3 Å². The first-order valence-electron chi connectivity index (χ1n) is 8.59. The van der Waals surface area contributed by atoms with Crippen LogP contribution in [-0.4, -0.2) is 0 Å². The van der Waals surface area contributed by atoms with E-state index in [4.69, 9.17) is 0 Å². The van der Waals surface area contributed by atoms with Crippen LogP contribution in [0.5, 0.6) is 0 Å². The molecule has 0 aliphatic heterocycles. The summed E-state index contributed by atoms with van der Waals surface area (Å²) in [7, 11) is 0. The second-order valence-electron chi connectivity index (χ2n) is 6.17. The topological polar surface area (TPSA) is 0 Å². The zero-order chi connectivity index (χ0) is 20.3. The fourth-order valence-electron chi connectivity index (χ4n) is 2.83. The molecule has 0 aliphatic rings. The summed E-state index contributed by atoms with van der Waals surface area (Å²) in [6, 6.07) is 7.51. The first-order valence-corrected chi connectivity index (χ1v) is 8.59. The second-order valence-corrected chi connectivity index (χ2v) is 6.17. The number of halogens is 5. The quantitative estimate of drug-likeness (QED) is 0.210. The maximum Gasteiger partial charge on any atom is 0.174 e. The second kappa shape index (κ2) is 8.26. The molecular weight excluding hydrogens is 371 g/mol. The van der Waals surface area contributed by atoms with Crippen molar-refractivity contribution in [2.75, 3.05) is 0 Å². The predicted molar refractivity (Wildman–Crippen MR) is 99.3 cm³/mol. The van der Waals surface area contributed by atoms with Gasteiger partial charge in [0.2, 0.25) is 0 Å². The molecule has 5 heteroatoms. The van der Waals surface area contributed by atoms with Crippen LogP contribution in [-0.2, 0) is 6.42 Å². The molecule has 0 bridgehead atoms. The van der Waals surface area contributed by atoms with Gasteiger partial charge in [0.05, 0.1) is 5.56 Å². The maximum atomic E-state index is 14.3. The largest absolute Gasteiger partial charge is 0.207 e. The Morgan fingerprint density at radius 1 is 0.821 bits per heavy atom. The Morgan fingerprint density at radius 2 is 1.61 bits per heavy atom. The van der Waals surface area contributed by atoms with E-state index in [1.165, 1.54) is 24.3 Å². The lowest BCUT2D eigenvalue weighted by Gasteiger charge is -2.06. The monoisotopic (exact) mass is 386 g/mol. The van der Waals surface area contributed by atoms with E-state index >= 15 is 0 Å². The van der Waals surface area contributed by atoms with Crippen molar-refractivity contribution >= 4 is 10.8 Å². The normalized spacial score (nSPS) is 11.1. The summed E-state index contributed by atoms with van der Waals surface area (Å²) in [6.45, 7) is 1.78. The number of hydrogen-bond acceptors (Lipinski definition) is 0. The van der Waals surface area contributed by atoms with Crippen LogP contribution >= 0.6 is 0 Å². The zero-order valence-corrected chi connectivity index (χ0v) is 14.9. The molecule has 0 unspecified atom stereocenters. The lowest BCUT2D eigenvalue weighted by Crippen LogP contribution is -2.02. The van der Waals surface area contributed by atoms with Crippen LogP contribution in [0.2, 0.25) is 0 Å². The molecule has 3 rings (SSSR count). The molecule has 0 saturated carbocycles. The van der Waals surface area contributed by atoms with E-state index in [0.717, 1.165) is 12.1 Å². The van der Waals surface area contributed by atoms with Gasteiger partial charge in [-0.05, 0) is 49.4 Å². The average molecular weight is 386 g/mol. The zero-order valence-electron chi connectivity index (χ0n) is 14.9. The summed E-state index contributed by atoms with van der Waals surface area (Å²) in [4.78, 5) is 0. The lowest BCUT2D eigenvalue weighted by atomic mass is 10.0. The fraction of sp³-hybridized carbons (Fsp3) is 0.130. The van der Waals surface area contributed by atoms with Gasteiger partial charge in [-0.25, -0.2) is 22.0 Å². The summed E-state index contributed by atoms with van der Waals surface area (Å²) in [5.41, 5.74) is -0.351. The van der Waals surface area contributed by atoms with Crippen LogP contribution in [0, 0.1) is 40.9 Å². The standard InChI is InChI=1S/C23H15F5/c1-2-3-4-5-18-20(25)13-16(21(26)23(18)28)8-6-14-7-10-17-15(12-14)9-11-19(24)22(17)27/h2-3,7,9-13H,4-5H2,1H3/b3-2+. The van der Waals surface area contributed by atoms with Crippen LogP contribution in [0.4, 0.5) is 22.0 Å². The Balaban J connectivity index is 1.96. The molecule has 0 nitrogen and oxygen atoms in total. The van der Waals surface area contributed by atoms with Crippen molar-refractivity contribution in [2.45, 2.75) is 19.8 Å². The third-order valence-electron chi connectivity index (χ3n) is 4.30. The van der Waals surface area contributed by atoms with E-state index in [1.807, 2.05) is 0 Å². The van der Waals surface area contributed by atoms with Gasteiger partial charge in [-0.1, -0.05) is 36.1 Å². The minimum atomic E-state index is -1.25. The Morgan fingerprint density at radius 3 is 2.36 bits per heavy atom. The highest BCUT2D eigenvalue weighted by Crippen LogP contribution is 2.23. The smallest absolute Gasteiger partial charge is 0.174 e. The van der Waals surface area contributed by atoms with E-state index in [0.29, 0.717) is 17.4 Å². The molecule has 0 heterocycles. The molecule has 0 spiro atoms. The highest BCUT2D eigenvalue weighted by atomic mass is 19.2. The number of rotatable bonds is 3. The van der Waals surface area contributed by atoms with Crippen LogP contribution in [0.15, 0.2) is 48.6 Å². The summed E-state index contributed by atoms with van der Waals surface area (Å²) in [6.07, 6.45) is 3.91. The molecule has 0 atom stereocenters. The van der Waals surface area contributed by atoms with Gasteiger partial charge in [-0.3, -0.25) is 0 Å². The van der Waals surface area contributed by atoms with Crippen molar-refractivity contribution in [3.8, 4) is 11.8 Å². The molecule has 0 aromatic heterocycles. The number of allylic oxidation sites excluding steroid dienone is 2. The molecule has 3 aromatic carbocycles. The van der Waals surface area contributed by atoms with E-state index in [-0.39, 0.29) is 17.4 Å². The average Bonchev–Trinajstić information content (AvgIpc) is 2.69. The van der Waals surface area contributed by atoms with Gasteiger partial charge in [0, 0.05) is 16.5 Å². The van der Waals surface area contributed by atoms with Gasteiger partial charge >= 0.3 is 0 Å². The van der Waals surface area contributed by atoms with Crippen molar-refractivity contribution in [3.63, 3.8) is 0 Å². The predicted octanol–water partition coefficient (Wildman–Crippen LogP) is 6.44. The van der Waals surface area contributed by atoms with Gasteiger partial charge < -0.3 is 0 Å². The number of fused-ring (bicyclic) bond motifs is 1. The van der Waals surface area contributed by atoms with Crippen molar-refractivity contribution in [2.24, 2.45) is 0 Å². The van der Waals surface area contributed by atoms with E-state index in [9.17, 15) is 22.0 Å². The van der Waals surface area contributed by atoms with E-state index in [1.54, 1.807) is 19.1 Å². The van der Waals surface area contributed by atoms with E-state index in [2.05, 4.69) is 11.8 Å². The minimum Gasteiger partial charge on any atom is -0.207 e. The highest BCUT2D eigenvalue weighted by molar-refractivity contribution is 5.84. The van der Waals surface area contributed by atoms with Crippen molar-refractivity contribution in [1.29, 1.82) is 0 Å². The van der Waals surface area contributed by atoms with Gasteiger partial charge in [0.25, 0.3) is 0 Å². The molecule has 0 saturated heterocycles. The summed E-state index contributed by atoms with van der Waals surface area (Å²) in [5.74, 6) is -0.236. The molecule has 0 N–H and O–H groups in total. The maximum absolute atomic E-state index is 14.3. The molecule has 0 fully saturated rings. The highest BCUT2D eigenvalue weighted by Gasteiger charge is 2.17. The molecule has 28 heavy (non-hydrogen) atoms. The minimum absolute atomic E-state index is 0.0411. The van der Waals surface area contributed by atoms with Gasteiger partial charge in [-0.2, -0.15) is 0 Å². The molecule has 0 radical (unpaired) electrons. The fourth-order valence-corrected chi connectivity index (χ4v) is 2.83. The van der Waals surface area contributed by atoms with Crippen LogP contribution in [0.1, 0.15) is 30.0 Å². The van der Waals surface area contributed by atoms with Crippen molar-refractivity contribution in [3.05, 3.63) is 94.3 Å². The Labute approximate surface area is 159 Å². The first-order chi connectivity index (χ1) is 13.4. The van der Waals surface area contributed by atoms with Crippen LogP contribution in [0.3, 0.4) is 0 Å². The van der Waals surface area contributed by atoms with Crippen molar-refractivity contribution < 1.29 is 22.0 Å². The molecule has 0 amide bonds. The summed E-state index contributed by atoms with van der Waals surface area (Å²) >= 11 is 0. The van der Waals surface area contributed by atoms with Gasteiger partial charge in [-0.15, -0.1) is 0 Å². The van der Waals surface area contributed by atoms with E-state index < -0.39 is 34.6 Å². The van der Waals surface area contributed by atoms with Gasteiger partial charge in [0.1, 0.15) is 5.82 Å². The molecule has 3 aromatic rings. The molecular formula is C23H15F5.